The first-order chi connectivity index (χ1) is 14.0. The molecule has 0 spiro atoms. The molecule has 1 aromatic carbocycles. The van der Waals surface area contributed by atoms with Crippen molar-refractivity contribution in [1.29, 1.82) is 0 Å². The summed E-state index contributed by atoms with van der Waals surface area (Å²) in [6.45, 7) is 2.32. The van der Waals surface area contributed by atoms with Gasteiger partial charge in [-0.25, -0.2) is 4.79 Å². The van der Waals surface area contributed by atoms with E-state index in [-0.39, 0.29) is 22.8 Å². The second kappa shape index (κ2) is 7.00. The molecule has 4 heteroatoms. The lowest BCUT2D eigenvalue weighted by Crippen LogP contribution is -2.48. The number of hydrogen-bond acceptors (Lipinski definition) is 4. The summed E-state index contributed by atoms with van der Waals surface area (Å²) in [7, 11) is 0. The molecular weight excluding hydrogens is 364 g/mol. The van der Waals surface area contributed by atoms with E-state index in [1.54, 1.807) is 18.2 Å². The average molecular weight is 395 g/mol. The number of ketones is 1. The number of esters is 1. The van der Waals surface area contributed by atoms with Crippen LogP contribution in [-0.2, 0) is 9.53 Å². The Morgan fingerprint density at radius 3 is 2.72 bits per heavy atom. The van der Waals surface area contributed by atoms with E-state index in [0.29, 0.717) is 35.9 Å². The van der Waals surface area contributed by atoms with Gasteiger partial charge in [0, 0.05) is 11.8 Å². The van der Waals surface area contributed by atoms with Crippen molar-refractivity contribution in [2.75, 3.05) is 0 Å². The van der Waals surface area contributed by atoms with E-state index in [1.165, 1.54) is 24.5 Å². The highest BCUT2D eigenvalue weighted by atomic mass is 16.5. The number of aromatic hydroxyl groups is 1. The van der Waals surface area contributed by atoms with E-state index in [4.69, 9.17) is 4.74 Å². The molecule has 6 atom stereocenters. The van der Waals surface area contributed by atoms with Crippen LogP contribution in [0.4, 0.5) is 0 Å². The van der Waals surface area contributed by atoms with Crippen molar-refractivity contribution in [3.05, 3.63) is 41.5 Å². The van der Waals surface area contributed by atoms with E-state index in [0.717, 1.165) is 32.1 Å². The molecule has 0 amide bonds. The summed E-state index contributed by atoms with van der Waals surface area (Å²) in [5.74, 6) is 2.44. The number of ether oxygens (including phenoxy) is 1. The van der Waals surface area contributed by atoms with Gasteiger partial charge in [0.25, 0.3) is 0 Å². The van der Waals surface area contributed by atoms with Crippen molar-refractivity contribution in [2.24, 2.45) is 29.1 Å². The molecule has 0 aliphatic heterocycles. The second-order valence-electron chi connectivity index (χ2n) is 9.84. The highest BCUT2D eigenvalue weighted by Gasteiger charge is 2.57. The topological polar surface area (TPSA) is 63.6 Å². The van der Waals surface area contributed by atoms with Crippen LogP contribution < -0.4 is 0 Å². The van der Waals surface area contributed by atoms with Crippen LogP contribution in [0.25, 0.3) is 0 Å². The van der Waals surface area contributed by atoms with Gasteiger partial charge in [-0.2, -0.15) is 0 Å². The van der Waals surface area contributed by atoms with Crippen LogP contribution in [0.3, 0.4) is 0 Å². The lowest BCUT2D eigenvalue weighted by molar-refractivity contribution is -0.116. The van der Waals surface area contributed by atoms with Crippen molar-refractivity contribution < 1.29 is 19.4 Å². The van der Waals surface area contributed by atoms with Gasteiger partial charge in [-0.3, -0.25) is 4.79 Å². The maximum absolute atomic E-state index is 12.7. The number of phenols is 1. The van der Waals surface area contributed by atoms with Crippen LogP contribution in [0.15, 0.2) is 35.9 Å². The highest BCUT2D eigenvalue weighted by molar-refractivity contribution is 5.92. The molecule has 1 N–H and O–H groups in total. The smallest absolute Gasteiger partial charge is 0.342 e. The normalized spacial score (nSPS) is 38.4. The molecule has 29 heavy (non-hydrogen) atoms. The number of fused-ring (bicyclic) bond motifs is 5. The molecule has 0 saturated heterocycles. The highest BCUT2D eigenvalue weighted by Crippen LogP contribution is 2.62. The van der Waals surface area contributed by atoms with E-state index in [1.807, 2.05) is 6.08 Å². The number of carbonyl (C=O) groups is 2. The zero-order valence-electron chi connectivity index (χ0n) is 17.1. The van der Waals surface area contributed by atoms with Gasteiger partial charge in [0.2, 0.25) is 0 Å². The van der Waals surface area contributed by atoms with Crippen LogP contribution in [0.1, 0.15) is 68.6 Å². The van der Waals surface area contributed by atoms with Crippen LogP contribution in [0.5, 0.6) is 5.75 Å². The Morgan fingerprint density at radius 2 is 1.90 bits per heavy atom. The molecule has 3 fully saturated rings. The fraction of sp³-hybridized carbons (Fsp3) is 0.600. The molecule has 5 rings (SSSR count). The third-order valence-electron chi connectivity index (χ3n) is 8.59. The number of allylic oxidation sites excluding steroid dienone is 1. The van der Waals surface area contributed by atoms with Crippen LogP contribution in [-0.4, -0.2) is 23.0 Å². The summed E-state index contributed by atoms with van der Waals surface area (Å²) < 4.78 is 6.00. The molecule has 0 unspecified atom stereocenters. The molecule has 4 aliphatic carbocycles. The maximum atomic E-state index is 12.7. The molecule has 0 aromatic heterocycles. The number of phenolic OH excluding ortho intramolecular Hbond substituents is 1. The van der Waals surface area contributed by atoms with Crippen molar-refractivity contribution in [1.82, 2.24) is 0 Å². The monoisotopic (exact) mass is 394 g/mol. The minimum absolute atomic E-state index is 0.0145. The van der Waals surface area contributed by atoms with Gasteiger partial charge >= 0.3 is 5.97 Å². The third kappa shape index (κ3) is 3.03. The zero-order valence-corrected chi connectivity index (χ0v) is 17.1. The molecule has 0 heterocycles. The molecule has 154 valence electrons. The van der Waals surface area contributed by atoms with Crippen LogP contribution >= 0.6 is 0 Å². The molecule has 0 bridgehead atoms. The largest absolute Gasteiger partial charge is 0.507 e. The first-order valence-corrected chi connectivity index (χ1v) is 11.2. The van der Waals surface area contributed by atoms with E-state index in [9.17, 15) is 14.7 Å². The molecular formula is C25H30O4. The van der Waals surface area contributed by atoms with Crippen molar-refractivity contribution >= 4 is 11.8 Å². The number of carbonyl (C=O) groups excluding carboxylic acids is 2. The van der Waals surface area contributed by atoms with Crippen molar-refractivity contribution in [3.63, 3.8) is 0 Å². The van der Waals surface area contributed by atoms with Crippen LogP contribution in [0, 0.1) is 29.1 Å². The van der Waals surface area contributed by atoms with Gasteiger partial charge in [0.05, 0.1) is 0 Å². The molecule has 4 nitrogen and oxygen atoms in total. The number of benzene rings is 1. The first-order valence-electron chi connectivity index (χ1n) is 11.2. The van der Waals surface area contributed by atoms with Gasteiger partial charge < -0.3 is 9.84 Å². The van der Waals surface area contributed by atoms with E-state index < -0.39 is 5.97 Å². The lowest BCUT2D eigenvalue weighted by atomic mass is 9.52. The Hall–Kier alpha value is -2.10. The molecule has 4 aliphatic rings. The Balaban J connectivity index is 1.34. The van der Waals surface area contributed by atoms with Gasteiger partial charge in [0.1, 0.15) is 17.4 Å². The van der Waals surface area contributed by atoms with E-state index in [2.05, 4.69) is 6.92 Å². The van der Waals surface area contributed by atoms with Crippen molar-refractivity contribution in [2.45, 2.75) is 64.4 Å². The predicted molar refractivity (Wildman–Crippen MR) is 109 cm³/mol. The Bertz CT molecular complexity index is 871. The van der Waals surface area contributed by atoms with Gasteiger partial charge in [-0.1, -0.05) is 24.6 Å². The number of hydrogen-bond donors (Lipinski definition) is 1. The standard InChI is InChI=1S/C25H30O4/c1-25-13-12-18-17-9-7-16(26)14-15(17)6-8-19(18)21(25)10-11-23(25)29-24(28)20-4-2-3-5-22(20)27/h2-5,14,17-19,21,23,27H,6-13H2,1H3/t17-,18+,19+,21-,23-,25-/m0/s1. The van der Waals surface area contributed by atoms with Crippen molar-refractivity contribution in [3.8, 4) is 5.75 Å². The zero-order chi connectivity index (χ0) is 20.2. The third-order valence-corrected chi connectivity index (χ3v) is 8.59. The molecule has 1 aromatic rings. The summed E-state index contributed by atoms with van der Waals surface area (Å²) in [5, 5.41) is 10.0. The summed E-state index contributed by atoms with van der Waals surface area (Å²) in [6, 6.07) is 6.62. The summed E-state index contributed by atoms with van der Waals surface area (Å²) in [5.41, 5.74) is 1.69. The predicted octanol–water partition coefficient (Wildman–Crippen LogP) is 5.06. The number of para-hydroxylation sites is 1. The SMILES string of the molecule is C[C@]12CC[C@H]3[C@@H](CCC4=CC(=O)CC[C@@H]43)[C@@H]1CC[C@@H]2OC(=O)c1ccccc1O. The minimum atomic E-state index is -0.406. The summed E-state index contributed by atoms with van der Waals surface area (Å²) in [4.78, 5) is 24.6. The number of rotatable bonds is 2. The Labute approximate surface area is 172 Å². The molecule has 3 saturated carbocycles. The second-order valence-corrected chi connectivity index (χ2v) is 9.84. The van der Waals surface area contributed by atoms with Crippen LogP contribution in [0.2, 0.25) is 0 Å². The fourth-order valence-corrected chi connectivity index (χ4v) is 7.17. The summed E-state index contributed by atoms with van der Waals surface area (Å²) in [6.07, 6.45) is 10.1. The maximum Gasteiger partial charge on any atom is 0.342 e. The minimum Gasteiger partial charge on any atom is -0.507 e. The first kappa shape index (κ1) is 18.9. The summed E-state index contributed by atoms with van der Waals surface area (Å²) >= 11 is 0. The lowest BCUT2D eigenvalue weighted by Gasteiger charge is -2.53. The van der Waals surface area contributed by atoms with Gasteiger partial charge in [-0.05, 0) is 86.8 Å². The van der Waals surface area contributed by atoms with E-state index >= 15 is 0 Å². The Morgan fingerprint density at radius 1 is 1.07 bits per heavy atom. The van der Waals surface area contributed by atoms with Gasteiger partial charge in [0.15, 0.2) is 5.78 Å². The molecule has 0 radical (unpaired) electrons. The average Bonchev–Trinajstić information content (AvgIpc) is 3.04. The van der Waals surface area contributed by atoms with Gasteiger partial charge in [-0.15, -0.1) is 0 Å². The Kier molecular flexibility index (Phi) is 4.56. The fourth-order valence-electron chi connectivity index (χ4n) is 7.17. The quantitative estimate of drug-likeness (QED) is 0.712.